The summed E-state index contributed by atoms with van der Waals surface area (Å²) in [6, 6.07) is 0. The van der Waals surface area contributed by atoms with Crippen molar-refractivity contribution in [3.8, 4) is 0 Å². The normalized spacial score (nSPS) is 18.4. The average molecular weight is 256 g/mol. The zero-order valence-electron chi connectivity index (χ0n) is 9.81. The summed E-state index contributed by atoms with van der Waals surface area (Å²) in [7, 11) is 0. The van der Waals surface area contributed by atoms with Gasteiger partial charge in [0.05, 0.1) is 0 Å². The molecule has 1 fully saturated rings. The number of carboxylic acids is 1. The quantitative estimate of drug-likeness (QED) is 0.815. The van der Waals surface area contributed by atoms with Crippen LogP contribution in [-0.2, 0) is 10.2 Å². The highest BCUT2D eigenvalue weighted by Gasteiger charge is 2.38. The van der Waals surface area contributed by atoms with Crippen molar-refractivity contribution in [1.29, 1.82) is 0 Å². The van der Waals surface area contributed by atoms with E-state index < -0.39 is 5.97 Å². The van der Waals surface area contributed by atoms with Gasteiger partial charge in [-0.1, -0.05) is 31.5 Å². The molecule has 0 amide bonds. The van der Waals surface area contributed by atoms with Crippen LogP contribution in [0, 0.1) is 0 Å². The van der Waals surface area contributed by atoms with Gasteiger partial charge >= 0.3 is 5.97 Å². The molecule has 0 atom stereocenters. The number of hydrogen-bond donors (Lipinski definition) is 1. The van der Waals surface area contributed by atoms with E-state index in [0.717, 1.165) is 31.0 Å². The SMILES string of the molecule is CCC1(c2nnc(SCC(=O)O)o2)CCCC1. The molecule has 0 radical (unpaired) electrons. The second-order valence-corrected chi connectivity index (χ2v) is 5.32. The van der Waals surface area contributed by atoms with E-state index in [1.807, 2.05) is 0 Å². The fourth-order valence-corrected chi connectivity index (χ4v) is 2.86. The van der Waals surface area contributed by atoms with Gasteiger partial charge in [-0.2, -0.15) is 0 Å². The molecule has 17 heavy (non-hydrogen) atoms. The summed E-state index contributed by atoms with van der Waals surface area (Å²) in [4.78, 5) is 10.4. The number of rotatable bonds is 5. The van der Waals surface area contributed by atoms with Gasteiger partial charge in [-0.3, -0.25) is 4.79 Å². The minimum Gasteiger partial charge on any atom is -0.481 e. The third-order valence-corrected chi connectivity index (χ3v) is 4.22. The molecule has 1 aliphatic carbocycles. The molecular weight excluding hydrogens is 240 g/mol. The molecule has 5 nitrogen and oxygen atoms in total. The minimum absolute atomic E-state index is 0.0367. The Morgan fingerprint density at radius 1 is 1.47 bits per heavy atom. The Balaban J connectivity index is 2.08. The summed E-state index contributed by atoms with van der Waals surface area (Å²) in [5, 5.41) is 16.9. The standard InChI is InChI=1S/C11H16N2O3S/c1-2-11(5-3-4-6-11)9-12-13-10(16-9)17-7-8(14)15/h2-7H2,1H3,(H,14,15). The molecule has 2 rings (SSSR count). The van der Waals surface area contributed by atoms with Crippen LogP contribution >= 0.6 is 11.8 Å². The van der Waals surface area contributed by atoms with Crippen molar-refractivity contribution in [3.63, 3.8) is 0 Å². The number of aliphatic carboxylic acids is 1. The van der Waals surface area contributed by atoms with Gasteiger partial charge in [0, 0.05) is 5.41 Å². The van der Waals surface area contributed by atoms with Crippen molar-refractivity contribution < 1.29 is 14.3 Å². The summed E-state index contributed by atoms with van der Waals surface area (Å²) in [5.41, 5.74) is 0.0367. The van der Waals surface area contributed by atoms with Crippen LogP contribution in [0.15, 0.2) is 9.64 Å². The first-order valence-corrected chi connectivity index (χ1v) is 6.83. The first-order valence-electron chi connectivity index (χ1n) is 5.85. The summed E-state index contributed by atoms with van der Waals surface area (Å²) in [6.07, 6.45) is 5.59. The lowest BCUT2D eigenvalue weighted by Gasteiger charge is -2.22. The van der Waals surface area contributed by atoms with Gasteiger partial charge in [-0.15, -0.1) is 10.2 Å². The lowest BCUT2D eigenvalue weighted by molar-refractivity contribution is -0.133. The zero-order chi connectivity index (χ0) is 12.3. The molecule has 0 bridgehead atoms. The Bertz CT molecular complexity index is 399. The van der Waals surface area contributed by atoms with E-state index in [1.165, 1.54) is 12.8 Å². The van der Waals surface area contributed by atoms with Crippen LogP contribution in [0.25, 0.3) is 0 Å². The van der Waals surface area contributed by atoms with E-state index in [2.05, 4.69) is 17.1 Å². The van der Waals surface area contributed by atoms with Crippen molar-refractivity contribution in [2.75, 3.05) is 5.75 Å². The number of carboxylic acid groups (broad SMARTS) is 1. The molecule has 0 aromatic carbocycles. The van der Waals surface area contributed by atoms with Gasteiger partial charge in [0.2, 0.25) is 5.89 Å². The molecule has 0 unspecified atom stereocenters. The van der Waals surface area contributed by atoms with E-state index in [9.17, 15) is 4.79 Å². The predicted molar refractivity (Wildman–Crippen MR) is 63.1 cm³/mol. The van der Waals surface area contributed by atoms with Gasteiger partial charge in [-0.25, -0.2) is 0 Å². The van der Waals surface area contributed by atoms with Crippen LogP contribution in [0.5, 0.6) is 0 Å². The van der Waals surface area contributed by atoms with Crippen molar-refractivity contribution in [2.45, 2.75) is 49.7 Å². The predicted octanol–water partition coefficient (Wildman–Crippen LogP) is 2.47. The number of thioether (sulfide) groups is 1. The molecule has 1 aliphatic rings. The minimum atomic E-state index is -0.874. The van der Waals surface area contributed by atoms with E-state index in [0.29, 0.717) is 11.1 Å². The highest BCUT2D eigenvalue weighted by molar-refractivity contribution is 7.99. The Morgan fingerprint density at radius 3 is 2.76 bits per heavy atom. The van der Waals surface area contributed by atoms with E-state index >= 15 is 0 Å². The first kappa shape index (κ1) is 12.4. The van der Waals surface area contributed by atoms with Crippen molar-refractivity contribution in [1.82, 2.24) is 10.2 Å². The van der Waals surface area contributed by atoms with Gasteiger partial charge in [0.25, 0.3) is 5.22 Å². The Labute approximate surface area is 104 Å². The van der Waals surface area contributed by atoms with E-state index in [4.69, 9.17) is 9.52 Å². The molecule has 1 aromatic rings. The van der Waals surface area contributed by atoms with Crippen LogP contribution in [0.3, 0.4) is 0 Å². The first-order chi connectivity index (χ1) is 8.16. The smallest absolute Gasteiger partial charge is 0.314 e. The summed E-state index contributed by atoms with van der Waals surface area (Å²) >= 11 is 1.08. The number of aromatic nitrogens is 2. The maximum Gasteiger partial charge on any atom is 0.314 e. The van der Waals surface area contributed by atoms with Crippen molar-refractivity contribution in [2.24, 2.45) is 0 Å². The second-order valence-electron chi connectivity index (χ2n) is 4.40. The Kier molecular flexibility index (Phi) is 3.71. The molecule has 1 saturated carbocycles. The lowest BCUT2D eigenvalue weighted by atomic mass is 9.83. The van der Waals surface area contributed by atoms with Gasteiger partial charge in [0.1, 0.15) is 5.75 Å². The topological polar surface area (TPSA) is 76.2 Å². The van der Waals surface area contributed by atoms with Crippen LogP contribution in [0.1, 0.15) is 44.9 Å². The summed E-state index contributed by atoms with van der Waals surface area (Å²) in [6.45, 7) is 2.14. The second kappa shape index (κ2) is 5.08. The zero-order valence-corrected chi connectivity index (χ0v) is 10.6. The fraction of sp³-hybridized carbons (Fsp3) is 0.727. The average Bonchev–Trinajstić information content (AvgIpc) is 2.96. The van der Waals surface area contributed by atoms with Crippen LogP contribution < -0.4 is 0 Å². The monoisotopic (exact) mass is 256 g/mol. The molecule has 6 heteroatoms. The Morgan fingerprint density at radius 2 is 2.18 bits per heavy atom. The molecule has 94 valence electrons. The molecule has 1 heterocycles. The lowest BCUT2D eigenvalue weighted by Crippen LogP contribution is -2.21. The number of carbonyl (C=O) groups is 1. The maximum absolute atomic E-state index is 10.4. The van der Waals surface area contributed by atoms with E-state index in [-0.39, 0.29) is 11.2 Å². The molecule has 1 aromatic heterocycles. The molecule has 0 spiro atoms. The van der Waals surface area contributed by atoms with Crippen LogP contribution in [0.2, 0.25) is 0 Å². The Hall–Kier alpha value is -1.04. The molecule has 0 aliphatic heterocycles. The maximum atomic E-state index is 10.4. The van der Waals surface area contributed by atoms with Crippen LogP contribution in [0.4, 0.5) is 0 Å². The summed E-state index contributed by atoms with van der Waals surface area (Å²) < 4.78 is 5.59. The molecule has 0 saturated heterocycles. The van der Waals surface area contributed by atoms with Crippen molar-refractivity contribution in [3.05, 3.63) is 5.89 Å². The largest absolute Gasteiger partial charge is 0.481 e. The van der Waals surface area contributed by atoms with Gasteiger partial charge in [0.15, 0.2) is 0 Å². The summed E-state index contributed by atoms with van der Waals surface area (Å²) in [5.74, 6) is -0.230. The third-order valence-electron chi connectivity index (χ3n) is 3.42. The highest BCUT2D eigenvalue weighted by atomic mass is 32.2. The third kappa shape index (κ3) is 2.62. The number of hydrogen-bond acceptors (Lipinski definition) is 5. The molecule has 1 N–H and O–H groups in total. The van der Waals surface area contributed by atoms with Gasteiger partial charge < -0.3 is 9.52 Å². The fourth-order valence-electron chi connectivity index (χ4n) is 2.38. The van der Waals surface area contributed by atoms with Crippen molar-refractivity contribution >= 4 is 17.7 Å². The number of nitrogens with zero attached hydrogens (tertiary/aromatic N) is 2. The highest BCUT2D eigenvalue weighted by Crippen LogP contribution is 2.43. The van der Waals surface area contributed by atoms with Gasteiger partial charge in [-0.05, 0) is 19.3 Å². The van der Waals surface area contributed by atoms with E-state index in [1.54, 1.807) is 0 Å². The van der Waals surface area contributed by atoms with Crippen LogP contribution in [-0.4, -0.2) is 27.0 Å². The molecular formula is C11H16N2O3S.